The van der Waals surface area contributed by atoms with Gasteiger partial charge in [0.1, 0.15) is 24.4 Å². The molecule has 86 heavy (non-hydrogen) atoms. The lowest BCUT2D eigenvalue weighted by Gasteiger charge is -2.40. The molecule has 0 spiro atoms. The van der Waals surface area contributed by atoms with Gasteiger partial charge >= 0.3 is 0 Å². The normalized spacial score (nSPS) is 18.2. The van der Waals surface area contributed by atoms with Crippen molar-refractivity contribution < 1.29 is 39.8 Å². The van der Waals surface area contributed by atoms with E-state index < -0.39 is 49.5 Å². The van der Waals surface area contributed by atoms with E-state index in [-0.39, 0.29) is 12.5 Å². The first-order valence-corrected chi connectivity index (χ1v) is 38.2. The monoisotopic (exact) mass is 1210 g/mol. The van der Waals surface area contributed by atoms with E-state index in [1.807, 2.05) is 6.08 Å². The Morgan fingerprint density at radius 3 is 1.00 bits per heavy atom. The first-order chi connectivity index (χ1) is 42.3. The quantitative estimate of drug-likeness (QED) is 0.0261. The smallest absolute Gasteiger partial charge is 0.220 e. The van der Waals surface area contributed by atoms with Gasteiger partial charge in [-0.3, -0.25) is 4.79 Å². The Morgan fingerprint density at radius 2 is 0.686 bits per heavy atom. The van der Waals surface area contributed by atoms with E-state index in [4.69, 9.17) is 9.47 Å². The van der Waals surface area contributed by atoms with Crippen molar-refractivity contribution in [1.82, 2.24) is 5.32 Å². The van der Waals surface area contributed by atoms with Gasteiger partial charge in [0.05, 0.1) is 25.4 Å². The van der Waals surface area contributed by atoms with Gasteiger partial charge in [-0.2, -0.15) is 0 Å². The summed E-state index contributed by atoms with van der Waals surface area (Å²) in [4.78, 5) is 13.2. The van der Waals surface area contributed by atoms with E-state index in [9.17, 15) is 30.3 Å². The van der Waals surface area contributed by atoms with Crippen LogP contribution in [0.2, 0.25) is 0 Å². The Bertz CT molecular complexity index is 1450. The standard InChI is InChI=1S/C77H147NO8/c1-3-5-7-9-11-13-15-17-19-21-23-25-27-29-31-33-35-36-37-39-41-43-45-47-49-51-53-55-57-59-61-63-65-67-73(81)78-70(69-85-77-76(84)75(83)74(82)72(68-79)86-77)71(80)66-64-62-60-58-56-54-52-50-48-46-44-42-40-38-34-32-30-28-26-24-22-20-18-16-14-12-10-8-6-4-2/h15,17,21,23,64,66,70-72,74-77,79-80,82-84H,3-14,16,18-20,22,24-63,65,67-69H2,1-2H3,(H,78,81)/b17-15-,23-21-,66-64+. The molecule has 7 atom stereocenters. The molecule has 0 aromatic carbocycles. The fraction of sp³-hybridized carbons (Fsp3) is 0.909. The molecule has 7 unspecified atom stereocenters. The molecule has 1 fully saturated rings. The summed E-state index contributed by atoms with van der Waals surface area (Å²) in [5.74, 6) is -0.168. The number of rotatable bonds is 68. The molecular weight excluding hydrogens is 1070 g/mol. The van der Waals surface area contributed by atoms with E-state index in [2.05, 4.69) is 43.5 Å². The number of carbonyl (C=O) groups is 1. The molecule has 9 nitrogen and oxygen atoms in total. The maximum absolute atomic E-state index is 13.2. The van der Waals surface area contributed by atoms with Crippen LogP contribution >= 0.6 is 0 Å². The molecule has 9 heteroatoms. The van der Waals surface area contributed by atoms with Crippen molar-refractivity contribution in [3.8, 4) is 0 Å². The van der Waals surface area contributed by atoms with Crippen molar-refractivity contribution in [3.63, 3.8) is 0 Å². The van der Waals surface area contributed by atoms with Crippen LogP contribution in [-0.2, 0) is 14.3 Å². The molecule has 0 aliphatic carbocycles. The second-order valence-electron chi connectivity index (χ2n) is 26.8. The number of aliphatic hydroxyl groups is 5. The number of aliphatic hydroxyl groups excluding tert-OH is 5. The van der Waals surface area contributed by atoms with E-state index in [1.54, 1.807) is 6.08 Å². The molecule has 0 radical (unpaired) electrons. The van der Waals surface area contributed by atoms with Gasteiger partial charge in [0.2, 0.25) is 5.91 Å². The molecular formula is C77H147NO8. The Balaban J connectivity index is 2.08. The topological polar surface area (TPSA) is 149 Å². The van der Waals surface area contributed by atoms with Gasteiger partial charge in [-0.25, -0.2) is 0 Å². The third-order valence-electron chi connectivity index (χ3n) is 18.5. The molecule has 1 amide bonds. The van der Waals surface area contributed by atoms with Crippen LogP contribution in [-0.4, -0.2) is 87.5 Å². The number of amides is 1. The Hall–Kier alpha value is -1.59. The minimum atomic E-state index is -1.57. The number of hydrogen-bond donors (Lipinski definition) is 6. The first kappa shape index (κ1) is 82.4. The maximum atomic E-state index is 13.2. The van der Waals surface area contributed by atoms with Crippen molar-refractivity contribution in [2.24, 2.45) is 0 Å². The molecule has 1 saturated heterocycles. The summed E-state index contributed by atoms with van der Waals surface area (Å²) in [6.45, 7) is 3.83. The third-order valence-corrected chi connectivity index (χ3v) is 18.5. The highest BCUT2D eigenvalue weighted by Gasteiger charge is 2.44. The summed E-state index contributed by atoms with van der Waals surface area (Å²) in [7, 11) is 0. The van der Waals surface area contributed by atoms with E-state index in [0.29, 0.717) is 6.42 Å². The highest BCUT2D eigenvalue weighted by molar-refractivity contribution is 5.76. The predicted octanol–water partition coefficient (Wildman–Crippen LogP) is 21.4. The molecule has 0 aromatic rings. The van der Waals surface area contributed by atoms with Gasteiger partial charge in [0.25, 0.3) is 0 Å². The van der Waals surface area contributed by atoms with Crippen molar-refractivity contribution in [1.29, 1.82) is 0 Å². The van der Waals surface area contributed by atoms with Crippen LogP contribution in [0.25, 0.3) is 0 Å². The lowest BCUT2D eigenvalue weighted by molar-refractivity contribution is -0.302. The lowest BCUT2D eigenvalue weighted by atomic mass is 9.99. The van der Waals surface area contributed by atoms with Crippen molar-refractivity contribution in [2.45, 2.75) is 436 Å². The van der Waals surface area contributed by atoms with E-state index in [1.165, 1.54) is 327 Å². The van der Waals surface area contributed by atoms with Gasteiger partial charge in [-0.05, 0) is 51.4 Å². The molecule has 1 heterocycles. The number of allylic oxidation sites excluding steroid dienone is 5. The van der Waals surface area contributed by atoms with Crippen LogP contribution < -0.4 is 5.32 Å². The molecule has 0 bridgehead atoms. The minimum Gasteiger partial charge on any atom is -0.394 e. The summed E-state index contributed by atoms with van der Waals surface area (Å²) in [6, 6.07) is -0.805. The SMILES string of the molecule is CCCCCCC/C=C\C/C=C\CCCCCCCCCCCCCCCCCCCCCCCC(=O)NC(COC1OC(CO)C(O)C(O)C1O)C(O)/C=C/CCCCCCCCCCCCCCCCCCCCCCCCCCCCCC. The highest BCUT2D eigenvalue weighted by atomic mass is 16.7. The fourth-order valence-electron chi connectivity index (χ4n) is 12.5. The van der Waals surface area contributed by atoms with Gasteiger partial charge in [0.15, 0.2) is 6.29 Å². The zero-order valence-corrected chi connectivity index (χ0v) is 57.1. The predicted molar refractivity (Wildman–Crippen MR) is 369 cm³/mol. The average Bonchev–Trinajstić information content (AvgIpc) is 2.60. The second-order valence-corrected chi connectivity index (χ2v) is 26.8. The van der Waals surface area contributed by atoms with Gasteiger partial charge in [0, 0.05) is 6.42 Å². The fourth-order valence-corrected chi connectivity index (χ4v) is 12.5. The summed E-state index contributed by atoms with van der Waals surface area (Å²) in [5.41, 5.74) is 0. The summed E-state index contributed by atoms with van der Waals surface area (Å²) < 4.78 is 11.3. The number of carbonyl (C=O) groups excluding carboxylic acids is 1. The van der Waals surface area contributed by atoms with E-state index >= 15 is 0 Å². The lowest BCUT2D eigenvalue weighted by Crippen LogP contribution is -2.60. The second kappa shape index (κ2) is 66.3. The van der Waals surface area contributed by atoms with Crippen LogP contribution in [0, 0.1) is 0 Å². The van der Waals surface area contributed by atoms with Crippen LogP contribution in [0.3, 0.4) is 0 Å². The molecule has 1 rings (SSSR count). The summed E-state index contributed by atoms with van der Waals surface area (Å²) in [6.07, 6.45) is 82.8. The van der Waals surface area contributed by atoms with Gasteiger partial charge < -0.3 is 40.3 Å². The molecule has 1 aliphatic heterocycles. The summed E-state index contributed by atoms with van der Waals surface area (Å²) >= 11 is 0. The van der Waals surface area contributed by atoms with E-state index in [0.717, 1.165) is 44.9 Å². The zero-order chi connectivity index (χ0) is 62.1. The molecule has 508 valence electrons. The zero-order valence-electron chi connectivity index (χ0n) is 57.1. The van der Waals surface area contributed by atoms with Crippen LogP contribution in [0.5, 0.6) is 0 Å². The number of ether oxygens (including phenoxy) is 2. The van der Waals surface area contributed by atoms with Crippen molar-refractivity contribution in [3.05, 3.63) is 36.5 Å². The largest absolute Gasteiger partial charge is 0.394 e. The molecule has 6 N–H and O–H groups in total. The highest BCUT2D eigenvalue weighted by Crippen LogP contribution is 2.24. The number of nitrogens with one attached hydrogen (secondary N) is 1. The van der Waals surface area contributed by atoms with Crippen molar-refractivity contribution >= 4 is 5.91 Å². The molecule has 1 aliphatic rings. The molecule has 0 saturated carbocycles. The van der Waals surface area contributed by atoms with Gasteiger partial charge in [-0.1, -0.05) is 371 Å². The van der Waals surface area contributed by atoms with Crippen LogP contribution in [0.1, 0.15) is 393 Å². The third kappa shape index (κ3) is 54.2. The maximum Gasteiger partial charge on any atom is 0.220 e. The number of unbranched alkanes of at least 4 members (excludes halogenated alkanes) is 54. The van der Waals surface area contributed by atoms with Crippen LogP contribution in [0.4, 0.5) is 0 Å². The van der Waals surface area contributed by atoms with Crippen LogP contribution in [0.15, 0.2) is 36.5 Å². The minimum absolute atomic E-state index is 0.168. The Labute approximate surface area is 533 Å². The first-order valence-electron chi connectivity index (χ1n) is 38.2. The Morgan fingerprint density at radius 1 is 0.395 bits per heavy atom. The van der Waals surface area contributed by atoms with Crippen molar-refractivity contribution in [2.75, 3.05) is 13.2 Å². The summed E-state index contributed by atoms with van der Waals surface area (Å²) in [5, 5.41) is 54.9. The van der Waals surface area contributed by atoms with Gasteiger partial charge in [-0.15, -0.1) is 0 Å². The average molecular weight is 1220 g/mol. The number of hydrogen-bond acceptors (Lipinski definition) is 8. The Kier molecular flexibility index (Phi) is 63.6. The molecule has 0 aromatic heterocycles.